The third kappa shape index (κ3) is 4.96. The van der Waals surface area contributed by atoms with Crippen molar-refractivity contribution in [3.8, 4) is 0 Å². The Morgan fingerprint density at radius 3 is 2.72 bits per heavy atom. The van der Waals surface area contributed by atoms with Gasteiger partial charge in [-0.05, 0) is 54.0 Å². The molecule has 0 aliphatic carbocycles. The highest BCUT2D eigenvalue weighted by molar-refractivity contribution is 9.10. The lowest BCUT2D eigenvalue weighted by Crippen LogP contribution is -2.22. The van der Waals surface area contributed by atoms with Gasteiger partial charge >= 0.3 is 0 Å². The molecule has 0 unspecified atom stereocenters. The van der Waals surface area contributed by atoms with Crippen LogP contribution in [-0.2, 0) is 10.0 Å². The standard InChI is InChI=1S/C12H19BrN2O2S/c1-3-14-8-5-9-18(16,17)15-11-7-4-6-10(2)12(11)13/h4,6-7,14-15H,3,5,8-9H2,1-2H3. The topological polar surface area (TPSA) is 58.2 Å². The van der Waals surface area contributed by atoms with Crippen molar-refractivity contribution in [1.29, 1.82) is 0 Å². The highest BCUT2D eigenvalue weighted by Crippen LogP contribution is 2.26. The van der Waals surface area contributed by atoms with Crippen LogP contribution in [0.5, 0.6) is 0 Å². The van der Waals surface area contributed by atoms with Crippen molar-refractivity contribution in [3.63, 3.8) is 0 Å². The van der Waals surface area contributed by atoms with E-state index in [-0.39, 0.29) is 5.75 Å². The molecule has 4 nitrogen and oxygen atoms in total. The summed E-state index contributed by atoms with van der Waals surface area (Å²) in [4.78, 5) is 0. The van der Waals surface area contributed by atoms with E-state index in [1.54, 1.807) is 6.07 Å². The molecule has 0 aliphatic heterocycles. The molecule has 0 fully saturated rings. The molecular formula is C12H19BrN2O2S. The van der Waals surface area contributed by atoms with Gasteiger partial charge in [-0.3, -0.25) is 4.72 Å². The van der Waals surface area contributed by atoms with Gasteiger partial charge in [-0.25, -0.2) is 8.42 Å². The summed E-state index contributed by atoms with van der Waals surface area (Å²) in [6.07, 6.45) is 0.604. The Kier molecular flexibility index (Phi) is 6.11. The molecule has 0 atom stereocenters. The molecule has 0 heterocycles. The van der Waals surface area contributed by atoms with Crippen LogP contribution >= 0.6 is 15.9 Å². The SMILES string of the molecule is CCNCCCS(=O)(=O)Nc1cccc(C)c1Br. The maximum absolute atomic E-state index is 11.9. The average Bonchev–Trinajstić information content (AvgIpc) is 2.31. The number of anilines is 1. The molecule has 1 rings (SSSR count). The lowest BCUT2D eigenvalue weighted by Gasteiger charge is -2.11. The molecule has 1 aromatic carbocycles. The van der Waals surface area contributed by atoms with Crippen LogP contribution in [0.15, 0.2) is 22.7 Å². The predicted octanol–water partition coefficient (Wildman–Crippen LogP) is 2.50. The third-order valence-electron chi connectivity index (χ3n) is 2.47. The maximum Gasteiger partial charge on any atom is 0.232 e. The smallest absolute Gasteiger partial charge is 0.232 e. The van der Waals surface area contributed by atoms with Gasteiger partial charge in [0.15, 0.2) is 0 Å². The highest BCUT2D eigenvalue weighted by atomic mass is 79.9. The zero-order valence-corrected chi connectivity index (χ0v) is 13.1. The number of nitrogens with one attached hydrogen (secondary N) is 2. The molecule has 18 heavy (non-hydrogen) atoms. The first-order valence-electron chi connectivity index (χ1n) is 5.92. The number of rotatable bonds is 7. The fraction of sp³-hybridized carbons (Fsp3) is 0.500. The summed E-state index contributed by atoms with van der Waals surface area (Å²) in [6, 6.07) is 5.50. The van der Waals surface area contributed by atoms with E-state index in [0.29, 0.717) is 18.7 Å². The van der Waals surface area contributed by atoms with Crippen molar-refractivity contribution in [1.82, 2.24) is 5.32 Å². The van der Waals surface area contributed by atoms with E-state index in [0.717, 1.165) is 16.6 Å². The minimum absolute atomic E-state index is 0.125. The molecule has 0 bridgehead atoms. The first-order chi connectivity index (χ1) is 8.46. The molecule has 1 aromatic rings. The second-order valence-electron chi connectivity index (χ2n) is 4.06. The van der Waals surface area contributed by atoms with Gasteiger partial charge in [0.05, 0.1) is 11.4 Å². The van der Waals surface area contributed by atoms with E-state index >= 15 is 0 Å². The number of hydrogen-bond acceptors (Lipinski definition) is 3. The van der Waals surface area contributed by atoms with Gasteiger partial charge in [-0.15, -0.1) is 0 Å². The monoisotopic (exact) mass is 334 g/mol. The summed E-state index contributed by atoms with van der Waals surface area (Å²) >= 11 is 3.39. The van der Waals surface area contributed by atoms with Crippen molar-refractivity contribution < 1.29 is 8.42 Å². The van der Waals surface area contributed by atoms with E-state index in [9.17, 15) is 8.42 Å². The van der Waals surface area contributed by atoms with Crippen LogP contribution in [0.25, 0.3) is 0 Å². The van der Waals surface area contributed by atoms with Crippen LogP contribution < -0.4 is 10.0 Å². The largest absolute Gasteiger partial charge is 0.317 e. The zero-order chi connectivity index (χ0) is 13.6. The summed E-state index contributed by atoms with van der Waals surface area (Å²) in [7, 11) is -3.27. The molecular weight excluding hydrogens is 316 g/mol. The lowest BCUT2D eigenvalue weighted by molar-refractivity contribution is 0.595. The normalized spacial score (nSPS) is 11.5. The number of aryl methyl sites for hydroxylation is 1. The molecule has 0 amide bonds. The van der Waals surface area contributed by atoms with Crippen LogP contribution in [0.2, 0.25) is 0 Å². The molecule has 0 aromatic heterocycles. The minimum atomic E-state index is -3.27. The van der Waals surface area contributed by atoms with Gasteiger partial charge in [0, 0.05) is 4.47 Å². The third-order valence-corrected chi connectivity index (χ3v) is 4.88. The van der Waals surface area contributed by atoms with Gasteiger partial charge in [-0.1, -0.05) is 19.1 Å². The number of hydrogen-bond donors (Lipinski definition) is 2. The summed E-state index contributed by atoms with van der Waals surface area (Å²) < 4.78 is 27.1. The van der Waals surface area contributed by atoms with Gasteiger partial charge < -0.3 is 5.32 Å². The molecule has 0 saturated heterocycles. The van der Waals surface area contributed by atoms with E-state index < -0.39 is 10.0 Å². The Morgan fingerprint density at radius 1 is 1.33 bits per heavy atom. The van der Waals surface area contributed by atoms with Crippen LogP contribution in [0.3, 0.4) is 0 Å². The maximum atomic E-state index is 11.9. The first-order valence-corrected chi connectivity index (χ1v) is 8.37. The fourth-order valence-corrected chi connectivity index (χ4v) is 3.14. The van der Waals surface area contributed by atoms with Crippen LogP contribution in [0.4, 0.5) is 5.69 Å². The van der Waals surface area contributed by atoms with Gasteiger partial charge in [0.2, 0.25) is 10.0 Å². The second-order valence-corrected chi connectivity index (χ2v) is 6.70. The molecule has 6 heteroatoms. The van der Waals surface area contributed by atoms with Crippen molar-refractivity contribution in [3.05, 3.63) is 28.2 Å². The van der Waals surface area contributed by atoms with Crippen molar-refractivity contribution >= 4 is 31.6 Å². The zero-order valence-electron chi connectivity index (χ0n) is 10.7. The summed E-state index contributed by atoms with van der Waals surface area (Å²) in [5.74, 6) is 0.125. The lowest BCUT2D eigenvalue weighted by atomic mass is 10.2. The molecule has 0 aliphatic rings. The average molecular weight is 335 g/mol. The van der Waals surface area contributed by atoms with Crippen LogP contribution in [-0.4, -0.2) is 27.3 Å². The van der Waals surface area contributed by atoms with E-state index in [1.807, 2.05) is 26.0 Å². The Bertz CT molecular complexity index is 489. The Balaban J connectivity index is 2.62. The molecule has 0 saturated carbocycles. The number of halogens is 1. The Hall–Kier alpha value is -0.590. The number of benzene rings is 1. The van der Waals surface area contributed by atoms with Crippen molar-refractivity contribution in [2.75, 3.05) is 23.6 Å². The quantitative estimate of drug-likeness (QED) is 0.753. The van der Waals surface area contributed by atoms with Crippen LogP contribution in [0, 0.1) is 6.92 Å². The van der Waals surface area contributed by atoms with E-state index in [4.69, 9.17) is 0 Å². The minimum Gasteiger partial charge on any atom is -0.317 e. The number of sulfonamides is 1. The van der Waals surface area contributed by atoms with Crippen molar-refractivity contribution in [2.45, 2.75) is 20.3 Å². The van der Waals surface area contributed by atoms with Gasteiger partial charge in [-0.2, -0.15) is 0 Å². The van der Waals surface area contributed by atoms with Gasteiger partial charge in [0.25, 0.3) is 0 Å². The van der Waals surface area contributed by atoms with Crippen molar-refractivity contribution in [2.24, 2.45) is 0 Å². The molecule has 0 radical (unpaired) electrons. The summed E-state index contributed by atoms with van der Waals surface area (Å²) in [5, 5.41) is 3.10. The highest BCUT2D eigenvalue weighted by Gasteiger charge is 2.12. The summed E-state index contributed by atoms with van der Waals surface area (Å²) in [5.41, 5.74) is 1.60. The van der Waals surface area contributed by atoms with E-state index in [1.165, 1.54) is 0 Å². The molecule has 102 valence electrons. The molecule has 0 spiro atoms. The van der Waals surface area contributed by atoms with Crippen LogP contribution in [0.1, 0.15) is 18.9 Å². The second kappa shape index (κ2) is 7.11. The summed E-state index contributed by atoms with van der Waals surface area (Å²) in [6.45, 7) is 5.49. The fourth-order valence-electron chi connectivity index (χ4n) is 1.51. The Morgan fingerprint density at radius 2 is 2.06 bits per heavy atom. The Labute approximate surface area is 117 Å². The van der Waals surface area contributed by atoms with E-state index in [2.05, 4.69) is 26.0 Å². The molecule has 2 N–H and O–H groups in total. The first kappa shape index (κ1) is 15.5. The predicted molar refractivity (Wildman–Crippen MR) is 79.4 cm³/mol. The van der Waals surface area contributed by atoms with Gasteiger partial charge in [0.1, 0.15) is 0 Å².